The molecule has 2 fully saturated rings. The summed E-state index contributed by atoms with van der Waals surface area (Å²) in [7, 11) is 0. The molecule has 2 heterocycles. The lowest BCUT2D eigenvalue weighted by atomic mass is 9.85. The molecule has 2 aliphatic heterocycles. The largest absolute Gasteiger partial charge is 0.381 e. The zero-order chi connectivity index (χ0) is 18.6. The molecule has 26 heavy (non-hydrogen) atoms. The van der Waals surface area contributed by atoms with Crippen molar-refractivity contribution in [1.29, 1.82) is 0 Å². The highest BCUT2D eigenvalue weighted by Crippen LogP contribution is 2.34. The van der Waals surface area contributed by atoms with Crippen molar-refractivity contribution in [2.45, 2.75) is 31.0 Å². The second-order valence-corrected chi connectivity index (χ2v) is 7.54. The first-order chi connectivity index (χ1) is 12.5. The Morgan fingerprint density at radius 1 is 1.27 bits per heavy atom. The number of primary amides is 1. The zero-order valence-electron chi connectivity index (χ0n) is 14.5. The Labute approximate surface area is 156 Å². The van der Waals surface area contributed by atoms with Crippen LogP contribution >= 0.6 is 11.8 Å². The third kappa shape index (κ3) is 3.71. The van der Waals surface area contributed by atoms with E-state index in [-0.39, 0.29) is 17.6 Å². The van der Waals surface area contributed by atoms with E-state index in [0.29, 0.717) is 38.4 Å². The number of hydrogen-bond acceptors (Lipinski definition) is 5. The fourth-order valence-corrected chi connectivity index (χ4v) is 4.52. The van der Waals surface area contributed by atoms with Crippen LogP contribution in [0.3, 0.4) is 0 Å². The van der Waals surface area contributed by atoms with E-state index in [0.717, 1.165) is 5.56 Å². The molecule has 3 amide bonds. The Kier molecular flexibility index (Phi) is 5.83. The molecule has 1 unspecified atom stereocenters. The van der Waals surface area contributed by atoms with Gasteiger partial charge in [-0.05, 0) is 5.56 Å². The second-order valence-electron chi connectivity index (χ2n) is 6.51. The molecule has 7 nitrogen and oxygen atoms in total. The number of nitrogens with zero attached hydrogens (tertiary/aromatic N) is 1. The lowest BCUT2D eigenvalue weighted by molar-refractivity contribution is -0.159. The molecule has 0 radical (unpaired) electrons. The molecule has 2 aliphatic rings. The van der Waals surface area contributed by atoms with Gasteiger partial charge in [0.15, 0.2) is 0 Å². The third-order valence-corrected chi connectivity index (χ3v) is 5.91. The van der Waals surface area contributed by atoms with E-state index in [1.165, 1.54) is 16.7 Å². The predicted molar refractivity (Wildman–Crippen MR) is 98.2 cm³/mol. The van der Waals surface area contributed by atoms with Gasteiger partial charge in [-0.2, -0.15) is 0 Å². The maximum absolute atomic E-state index is 13.2. The lowest BCUT2D eigenvalue weighted by Gasteiger charge is -2.49. The van der Waals surface area contributed by atoms with Gasteiger partial charge in [0.1, 0.15) is 11.6 Å². The summed E-state index contributed by atoms with van der Waals surface area (Å²) in [5.41, 5.74) is 5.42. The van der Waals surface area contributed by atoms with E-state index in [1.54, 1.807) is 0 Å². The molecule has 0 spiro atoms. The number of amides is 3. The minimum absolute atomic E-state index is 0.221. The Balaban J connectivity index is 1.86. The second kappa shape index (κ2) is 8.09. The highest BCUT2D eigenvalue weighted by Gasteiger charge is 2.52. The van der Waals surface area contributed by atoms with Gasteiger partial charge in [-0.15, -0.1) is 11.8 Å². The number of ether oxygens (including phenoxy) is 1. The van der Waals surface area contributed by atoms with Crippen molar-refractivity contribution in [3.8, 4) is 0 Å². The van der Waals surface area contributed by atoms with Gasteiger partial charge >= 0.3 is 0 Å². The maximum Gasteiger partial charge on any atom is 0.246 e. The quantitative estimate of drug-likeness (QED) is 0.768. The van der Waals surface area contributed by atoms with E-state index in [1.807, 2.05) is 30.3 Å². The Morgan fingerprint density at radius 3 is 2.62 bits per heavy atom. The van der Waals surface area contributed by atoms with Gasteiger partial charge in [-0.1, -0.05) is 30.3 Å². The van der Waals surface area contributed by atoms with Crippen LogP contribution in [0.15, 0.2) is 30.3 Å². The summed E-state index contributed by atoms with van der Waals surface area (Å²) >= 11 is 1.37. The van der Waals surface area contributed by atoms with Crippen LogP contribution in [-0.4, -0.2) is 58.9 Å². The van der Waals surface area contributed by atoms with Crippen LogP contribution in [0, 0.1) is 0 Å². The summed E-state index contributed by atoms with van der Waals surface area (Å²) in [5.74, 6) is -0.390. The van der Waals surface area contributed by atoms with E-state index in [9.17, 15) is 14.4 Å². The summed E-state index contributed by atoms with van der Waals surface area (Å²) in [6.45, 7) is 1.09. The van der Waals surface area contributed by atoms with Crippen molar-refractivity contribution in [3.63, 3.8) is 0 Å². The fraction of sp³-hybridized carbons (Fsp3) is 0.500. The number of thioether (sulfide) groups is 1. The van der Waals surface area contributed by atoms with Gasteiger partial charge in [0.25, 0.3) is 0 Å². The summed E-state index contributed by atoms with van der Waals surface area (Å²) in [6, 6.07) is 8.78. The van der Waals surface area contributed by atoms with Crippen LogP contribution in [-0.2, 0) is 25.7 Å². The molecule has 0 aromatic heterocycles. The molecule has 8 heteroatoms. The number of rotatable bonds is 5. The SMILES string of the molecule is NC(=O)C1CSCC(=O)N1C1(C(=O)NCc2ccccc2)CCOCC1. The van der Waals surface area contributed by atoms with Crippen LogP contribution in [0.5, 0.6) is 0 Å². The third-order valence-electron chi connectivity index (χ3n) is 4.91. The van der Waals surface area contributed by atoms with E-state index in [2.05, 4.69) is 5.32 Å². The topological polar surface area (TPSA) is 102 Å². The van der Waals surface area contributed by atoms with Crippen molar-refractivity contribution in [2.24, 2.45) is 5.73 Å². The molecule has 1 aromatic rings. The maximum atomic E-state index is 13.2. The summed E-state index contributed by atoms with van der Waals surface area (Å²) < 4.78 is 5.42. The number of carbonyl (C=O) groups excluding carboxylic acids is 3. The van der Waals surface area contributed by atoms with Crippen LogP contribution in [0.1, 0.15) is 18.4 Å². The molecular weight excluding hydrogens is 354 g/mol. The highest BCUT2D eigenvalue weighted by molar-refractivity contribution is 8.00. The van der Waals surface area contributed by atoms with E-state index >= 15 is 0 Å². The van der Waals surface area contributed by atoms with E-state index in [4.69, 9.17) is 10.5 Å². The highest BCUT2D eigenvalue weighted by atomic mass is 32.2. The Bertz CT molecular complexity index is 676. The van der Waals surface area contributed by atoms with Gasteiger partial charge in [-0.25, -0.2) is 0 Å². The number of benzene rings is 1. The van der Waals surface area contributed by atoms with Gasteiger partial charge in [-0.3, -0.25) is 14.4 Å². The lowest BCUT2D eigenvalue weighted by Crippen LogP contribution is -2.69. The van der Waals surface area contributed by atoms with Crippen LogP contribution in [0.2, 0.25) is 0 Å². The molecule has 0 aliphatic carbocycles. The summed E-state index contributed by atoms with van der Waals surface area (Å²) in [4.78, 5) is 39.2. The fourth-order valence-electron chi connectivity index (χ4n) is 3.55. The average Bonchev–Trinajstić information content (AvgIpc) is 2.67. The first-order valence-electron chi connectivity index (χ1n) is 8.64. The average molecular weight is 377 g/mol. The molecule has 0 bridgehead atoms. The van der Waals surface area contributed by atoms with Crippen LogP contribution < -0.4 is 11.1 Å². The minimum atomic E-state index is -1.09. The molecular formula is C18H23N3O4S. The molecule has 3 rings (SSSR count). The summed E-state index contributed by atoms with van der Waals surface area (Å²) in [6.07, 6.45) is 0.710. The molecule has 3 N–H and O–H groups in total. The van der Waals surface area contributed by atoms with Crippen molar-refractivity contribution in [3.05, 3.63) is 35.9 Å². The van der Waals surface area contributed by atoms with Crippen LogP contribution in [0.4, 0.5) is 0 Å². The molecule has 2 saturated heterocycles. The van der Waals surface area contributed by atoms with Crippen molar-refractivity contribution < 1.29 is 19.1 Å². The van der Waals surface area contributed by atoms with Crippen molar-refractivity contribution in [2.75, 3.05) is 24.7 Å². The molecule has 1 aromatic carbocycles. The number of nitrogens with two attached hydrogens (primary N) is 1. The first-order valence-corrected chi connectivity index (χ1v) is 9.79. The standard InChI is InChI=1S/C18H23N3O4S/c19-16(23)14-11-26-12-15(22)21(14)18(6-8-25-9-7-18)17(24)20-10-13-4-2-1-3-5-13/h1-5,14H,6-12H2,(H2,19,23)(H,20,24). The monoisotopic (exact) mass is 377 g/mol. The Hall–Kier alpha value is -2.06. The molecule has 1 atom stereocenters. The molecule has 0 saturated carbocycles. The summed E-state index contributed by atoms with van der Waals surface area (Å²) in [5, 5.41) is 2.94. The normalized spacial score (nSPS) is 22.7. The smallest absolute Gasteiger partial charge is 0.246 e. The Morgan fingerprint density at radius 2 is 1.96 bits per heavy atom. The van der Waals surface area contributed by atoms with Gasteiger partial charge in [0.2, 0.25) is 17.7 Å². The van der Waals surface area contributed by atoms with Gasteiger partial charge < -0.3 is 20.7 Å². The minimum Gasteiger partial charge on any atom is -0.381 e. The van der Waals surface area contributed by atoms with Crippen LogP contribution in [0.25, 0.3) is 0 Å². The van der Waals surface area contributed by atoms with Crippen molar-refractivity contribution >= 4 is 29.5 Å². The number of hydrogen-bond donors (Lipinski definition) is 2. The van der Waals surface area contributed by atoms with Gasteiger partial charge in [0, 0.05) is 38.4 Å². The molecule has 140 valence electrons. The van der Waals surface area contributed by atoms with Crippen molar-refractivity contribution in [1.82, 2.24) is 10.2 Å². The van der Waals surface area contributed by atoms with E-state index < -0.39 is 17.5 Å². The first kappa shape index (κ1) is 18.7. The predicted octanol–water partition coefficient (Wildman–Crippen LogP) is 0.281. The number of nitrogens with one attached hydrogen (secondary N) is 1. The van der Waals surface area contributed by atoms with Gasteiger partial charge in [0.05, 0.1) is 5.75 Å². The number of carbonyl (C=O) groups is 3. The zero-order valence-corrected chi connectivity index (χ0v) is 15.3.